The van der Waals surface area contributed by atoms with Crippen molar-refractivity contribution >= 4 is 5.97 Å². The third-order valence-corrected chi connectivity index (χ3v) is 1.84. The van der Waals surface area contributed by atoms with E-state index in [1.807, 2.05) is 0 Å². The van der Waals surface area contributed by atoms with E-state index in [1.54, 1.807) is 6.92 Å². The monoisotopic (exact) mass is 205 g/mol. The minimum Gasteiger partial charge on any atom is -0.478 e. The molecule has 0 amide bonds. The quantitative estimate of drug-likeness (QED) is 0.745. The van der Waals surface area contributed by atoms with Gasteiger partial charge < -0.3 is 5.11 Å². The van der Waals surface area contributed by atoms with E-state index in [0.717, 1.165) is 0 Å². The fraction of sp³-hybridized carbons (Fsp3) is 0.125. The third kappa shape index (κ3) is 1.66. The van der Waals surface area contributed by atoms with Gasteiger partial charge in [0.2, 0.25) is 0 Å². The van der Waals surface area contributed by atoms with E-state index in [1.165, 1.54) is 23.1 Å². The topological polar surface area (TPSA) is 93.8 Å². The van der Waals surface area contributed by atoms with Crippen LogP contribution in [-0.2, 0) is 0 Å². The molecule has 7 heteroatoms. The molecule has 15 heavy (non-hydrogen) atoms. The predicted molar refractivity (Wildman–Crippen MR) is 48.6 cm³/mol. The maximum atomic E-state index is 10.7. The van der Waals surface area contributed by atoms with Crippen LogP contribution in [0.5, 0.6) is 0 Å². The summed E-state index contributed by atoms with van der Waals surface area (Å²) in [5, 5.41) is 19.6. The molecule has 7 nitrogen and oxygen atoms in total. The van der Waals surface area contributed by atoms with Gasteiger partial charge in [-0.15, -0.1) is 5.10 Å². The summed E-state index contributed by atoms with van der Waals surface area (Å²) >= 11 is 0. The Morgan fingerprint density at radius 1 is 1.47 bits per heavy atom. The maximum Gasteiger partial charge on any atom is 0.337 e. The number of tetrazole rings is 1. The van der Waals surface area contributed by atoms with Gasteiger partial charge in [-0.1, -0.05) is 0 Å². The summed E-state index contributed by atoms with van der Waals surface area (Å²) in [7, 11) is 0. The van der Waals surface area contributed by atoms with Crippen LogP contribution in [0.1, 0.15) is 16.2 Å². The molecule has 1 N–H and O–H groups in total. The largest absolute Gasteiger partial charge is 0.478 e. The zero-order valence-electron chi connectivity index (χ0n) is 7.82. The van der Waals surface area contributed by atoms with Gasteiger partial charge in [-0.25, -0.2) is 4.79 Å². The molecule has 0 spiro atoms. The highest BCUT2D eigenvalue weighted by Crippen LogP contribution is 2.08. The van der Waals surface area contributed by atoms with E-state index in [9.17, 15) is 4.79 Å². The molecule has 0 aliphatic rings. The average Bonchev–Trinajstić information content (AvgIpc) is 2.64. The fourth-order valence-electron chi connectivity index (χ4n) is 1.13. The van der Waals surface area contributed by atoms with Gasteiger partial charge in [0.05, 0.1) is 17.4 Å². The summed E-state index contributed by atoms with van der Waals surface area (Å²) in [4.78, 5) is 14.5. The molecule has 2 aromatic heterocycles. The lowest BCUT2D eigenvalue weighted by atomic mass is 10.2. The molecule has 0 aliphatic heterocycles. The number of pyridine rings is 1. The second kappa shape index (κ2) is 3.45. The number of carbonyl (C=O) groups is 1. The molecule has 76 valence electrons. The minimum absolute atomic E-state index is 0.0994. The highest BCUT2D eigenvalue weighted by atomic mass is 16.4. The van der Waals surface area contributed by atoms with E-state index in [0.29, 0.717) is 11.5 Å². The number of hydrogen-bond acceptors (Lipinski definition) is 5. The molecule has 0 saturated carbocycles. The van der Waals surface area contributed by atoms with Gasteiger partial charge in [0.25, 0.3) is 0 Å². The molecular weight excluding hydrogens is 198 g/mol. The Balaban J connectivity index is 2.50. The van der Waals surface area contributed by atoms with Crippen LogP contribution in [0.25, 0.3) is 5.69 Å². The van der Waals surface area contributed by atoms with Crippen molar-refractivity contribution in [3.8, 4) is 5.69 Å². The van der Waals surface area contributed by atoms with Gasteiger partial charge in [0, 0.05) is 6.20 Å². The average molecular weight is 205 g/mol. The van der Waals surface area contributed by atoms with Crippen molar-refractivity contribution in [2.75, 3.05) is 0 Å². The fourth-order valence-corrected chi connectivity index (χ4v) is 1.13. The van der Waals surface area contributed by atoms with Crippen LogP contribution < -0.4 is 0 Å². The predicted octanol–water partition coefficient (Wildman–Crippen LogP) is 0.0639. The maximum absolute atomic E-state index is 10.7. The molecule has 2 aromatic rings. The highest BCUT2D eigenvalue weighted by Gasteiger charge is 2.08. The Kier molecular flexibility index (Phi) is 2.13. The van der Waals surface area contributed by atoms with Crippen LogP contribution in [-0.4, -0.2) is 36.3 Å². The molecule has 0 fully saturated rings. The molecule has 0 unspecified atom stereocenters. The Morgan fingerprint density at radius 2 is 2.27 bits per heavy atom. The van der Waals surface area contributed by atoms with Crippen LogP contribution in [0, 0.1) is 6.92 Å². The molecule has 2 heterocycles. The van der Waals surface area contributed by atoms with Gasteiger partial charge in [0.15, 0.2) is 5.82 Å². The lowest BCUT2D eigenvalue weighted by molar-refractivity contribution is 0.0696. The zero-order valence-corrected chi connectivity index (χ0v) is 7.82. The Morgan fingerprint density at radius 3 is 2.87 bits per heavy atom. The Hall–Kier alpha value is -2.31. The third-order valence-electron chi connectivity index (χ3n) is 1.84. The van der Waals surface area contributed by atoms with Crippen molar-refractivity contribution in [3.63, 3.8) is 0 Å². The summed E-state index contributed by atoms with van der Waals surface area (Å²) < 4.78 is 1.42. The number of aryl methyl sites for hydroxylation is 1. The van der Waals surface area contributed by atoms with E-state index in [2.05, 4.69) is 20.5 Å². The van der Waals surface area contributed by atoms with Crippen molar-refractivity contribution in [1.29, 1.82) is 0 Å². The number of hydrogen-bond donors (Lipinski definition) is 1. The number of nitrogens with zero attached hydrogens (tertiary/aromatic N) is 5. The normalized spacial score (nSPS) is 10.2. The van der Waals surface area contributed by atoms with Gasteiger partial charge in [0.1, 0.15) is 0 Å². The van der Waals surface area contributed by atoms with Crippen LogP contribution in [0.15, 0.2) is 18.5 Å². The summed E-state index contributed by atoms with van der Waals surface area (Å²) in [6.45, 7) is 1.72. The van der Waals surface area contributed by atoms with E-state index in [-0.39, 0.29) is 5.56 Å². The zero-order chi connectivity index (χ0) is 10.8. The Labute approximate surface area is 84.4 Å². The minimum atomic E-state index is -1.03. The molecule has 0 bridgehead atoms. The first-order valence-corrected chi connectivity index (χ1v) is 4.12. The second-order valence-electron chi connectivity index (χ2n) is 2.87. The molecule has 0 aromatic carbocycles. The van der Waals surface area contributed by atoms with Gasteiger partial charge in [-0.3, -0.25) is 4.98 Å². The van der Waals surface area contributed by atoms with Crippen molar-refractivity contribution in [2.24, 2.45) is 0 Å². The molecule has 0 saturated heterocycles. The van der Waals surface area contributed by atoms with E-state index in [4.69, 9.17) is 5.11 Å². The summed E-state index contributed by atoms with van der Waals surface area (Å²) in [6.07, 6.45) is 2.77. The molecule has 0 atom stereocenters. The summed E-state index contributed by atoms with van der Waals surface area (Å²) in [5.41, 5.74) is 0.625. The first-order chi connectivity index (χ1) is 7.18. The molecule has 0 radical (unpaired) electrons. The molecular formula is C8H7N5O2. The number of aromatic nitrogens is 5. The van der Waals surface area contributed by atoms with Crippen molar-refractivity contribution < 1.29 is 9.90 Å². The lowest BCUT2D eigenvalue weighted by Gasteiger charge is -2.01. The first kappa shape index (κ1) is 9.25. The van der Waals surface area contributed by atoms with Crippen molar-refractivity contribution in [1.82, 2.24) is 25.2 Å². The smallest absolute Gasteiger partial charge is 0.337 e. The standard InChI is InChI=1S/C8H7N5O2/c1-5-10-11-12-13(5)7-2-6(8(14)15)3-9-4-7/h2-4H,1H3,(H,14,15). The van der Waals surface area contributed by atoms with Crippen LogP contribution >= 0.6 is 0 Å². The van der Waals surface area contributed by atoms with Gasteiger partial charge in [-0.05, 0) is 23.4 Å². The number of carboxylic acid groups (broad SMARTS) is 1. The van der Waals surface area contributed by atoms with Crippen molar-refractivity contribution in [3.05, 3.63) is 29.8 Å². The SMILES string of the molecule is Cc1nnnn1-c1cncc(C(=O)O)c1. The summed E-state index contributed by atoms with van der Waals surface area (Å²) in [5.74, 6) is -0.464. The van der Waals surface area contributed by atoms with E-state index >= 15 is 0 Å². The summed E-state index contributed by atoms with van der Waals surface area (Å²) in [6, 6.07) is 1.46. The van der Waals surface area contributed by atoms with Crippen LogP contribution in [0.4, 0.5) is 0 Å². The number of carboxylic acids is 1. The van der Waals surface area contributed by atoms with Crippen LogP contribution in [0.3, 0.4) is 0 Å². The van der Waals surface area contributed by atoms with Gasteiger partial charge in [-0.2, -0.15) is 4.68 Å². The molecule has 2 rings (SSSR count). The second-order valence-corrected chi connectivity index (χ2v) is 2.87. The van der Waals surface area contributed by atoms with Crippen molar-refractivity contribution in [2.45, 2.75) is 6.92 Å². The van der Waals surface area contributed by atoms with Crippen LogP contribution in [0.2, 0.25) is 0 Å². The highest BCUT2D eigenvalue weighted by molar-refractivity contribution is 5.87. The lowest BCUT2D eigenvalue weighted by Crippen LogP contribution is -2.03. The van der Waals surface area contributed by atoms with E-state index < -0.39 is 5.97 Å². The molecule has 0 aliphatic carbocycles. The number of aromatic carboxylic acids is 1. The first-order valence-electron chi connectivity index (χ1n) is 4.12. The Bertz CT molecular complexity index is 507. The number of rotatable bonds is 2. The van der Waals surface area contributed by atoms with Gasteiger partial charge >= 0.3 is 5.97 Å².